The monoisotopic (exact) mass is 261 g/mol. The molecule has 0 aliphatic rings. The number of aromatic nitrogens is 2. The first-order valence-electron chi connectivity index (χ1n) is 6.07. The van der Waals surface area contributed by atoms with Crippen LogP contribution in [-0.2, 0) is 7.05 Å². The highest BCUT2D eigenvalue weighted by Gasteiger charge is 2.18. The maximum absolute atomic E-state index is 5.34. The maximum Gasteiger partial charge on any atom is 0.161 e. The highest BCUT2D eigenvalue weighted by molar-refractivity contribution is 5.44. The number of aryl methyl sites for hydroxylation is 1. The van der Waals surface area contributed by atoms with Crippen LogP contribution in [-0.4, -0.2) is 30.8 Å². The van der Waals surface area contributed by atoms with Crippen molar-refractivity contribution in [2.75, 3.05) is 21.3 Å². The highest BCUT2D eigenvalue weighted by atomic mass is 16.5. The molecule has 19 heavy (non-hydrogen) atoms. The third kappa shape index (κ3) is 2.56. The number of nitrogens with one attached hydrogen (secondary N) is 1. The van der Waals surface area contributed by atoms with E-state index in [1.54, 1.807) is 20.4 Å². The van der Waals surface area contributed by atoms with E-state index in [2.05, 4.69) is 10.3 Å². The zero-order valence-electron chi connectivity index (χ0n) is 11.7. The SMILES string of the molecule is CNC(c1ccc(OC)c(OC)c1)c1nccn1C. The fraction of sp³-hybridized carbons (Fsp3) is 0.357. The first kappa shape index (κ1) is 13.4. The summed E-state index contributed by atoms with van der Waals surface area (Å²) < 4.78 is 12.6. The van der Waals surface area contributed by atoms with Gasteiger partial charge in [-0.25, -0.2) is 4.98 Å². The first-order chi connectivity index (χ1) is 9.21. The molecule has 0 amide bonds. The van der Waals surface area contributed by atoms with Crippen LogP contribution in [0.2, 0.25) is 0 Å². The van der Waals surface area contributed by atoms with Gasteiger partial charge < -0.3 is 19.4 Å². The average molecular weight is 261 g/mol. The van der Waals surface area contributed by atoms with Gasteiger partial charge in [-0.1, -0.05) is 6.07 Å². The Morgan fingerprint density at radius 3 is 2.47 bits per heavy atom. The average Bonchev–Trinajstić information content (AvgIpc) is 2.86. The minimum atomic E-state index is 0.0137. The van der Waals surface area contributed by atoms with Gasteiger partial charge in [-0.3, -0.25) is 0 Å². The molecule has 1 unspecified atom stereocenters. The zero-order valence-corrected chi connectivity index (χ0v) is 11.7. The van der Waals surface area contributed by atoms with Crippen molar-refractivity contribution in [3.63, 3.8) is 0 Å². The molecule has 0 saturated carbocycles. The molecule has 2 rings (SSSR count). The largest absolute Gasteiger partial charge is 0.493 e. The molecule has 5 nitrogen and oxygen atoms in total. The fourth-order valence-corrected chi connectivity index (χ4v) is 2.13. The van der Waals surface area contributed by atoms with E-state index in [4.69, 9.17) is 9.47 Å². The Morgan fingerprint density at radius 2 is 1.95 bits per heavy atom. The van der Waals surface area contributed by atoms with Crippen LogP contribution in [0.25, 0.3) is 0 Å². The Hall–Kier alpha value is -2.01. The predicted octanol–water partition coefficient (Wildman–Crippen LogP) is 1.75. The lowest BCUT2D eigenvalue weighted by molar-refractivity contribution is 0.354. The van der Waals surface area contributed by atoms with Crippen molar-refractivity contribution >= 4 is 0 Å². The van der Waals surface area contributed by atoms with Gasteiger partial charge >= 0.3 is 0 Å². The summed E-state index contributed by atoms with van der Waals surface area (Å²) in [6.45, 7) is 0. The van der Waals surface area contributed by atoms with E-state index >= 15 is 0 Å². The van der Waals surface area contributed by atoms with Crippen molar-refractivity contribution < 1.29 is 9.47 Å². The van der Waals surface area contributed by atoms with Gasteiger partial charge in [0.1, 0.15) is 5.82 Å². The van der Waals surface area contributed by atoms with Crippen molar-refractivity contribution in [2.24, 2.45) is 7.05 Å². The quantitative estimate of drug-likeness (QED) is 0.890. The van der Waals surface area contributed by atoms with E-state index in [0.29, 0.717) is 0 Å². The standard InChI is InChI=1S/C14H19N3O2/c1-15-13(14-16-7-8-17(14)2)10-5-6-11(18-3)12(9-10)19-4/h5-9,13,15H,1-4H3. The summed E-state index contributed by atoms with van der Waals surface area (Å²) in [5.74, 6) is 2.39. The number of benzene rings is 1. The summed E-state index contributed by atoms with van der Waals surface area (Å²) in [7, 11) is 7.16. The Bertz CT molecular complexity index is 551. The van der Waals surface area contributed by atoms with E-state index in [0.717, 1.165) is 22.9 Å². The molecule has 5 heteroatoms. The molecular weight excluding hydrogens is 242 g/mol. The lowest BCUT2D eigenvalue weighted by atomic mass is 10.1. The molecule has 0 spiro atoms. The van der Waals surface area contributed by atoms with Gasteiger partial charge in [-0.05, 0) is 24.7 Å². The van der Waals surface area contributed by atoms with Crippen LogP contribution in [0.5, 0.6) is 11.5 Å². The Kier molecular flexibility index (Phi) is 4.06. The second-order valence-corrected chi connectivity index (χ2v) is 4.23. The third-order valence-corrected chi connectivity index (χ3v) is 3.15. The van der Waals surface area contributed by atoms with Crippen LogP contribution in [0, 0.1) is 0 Å². The van der Waals surface area contributed by atoms with E-state index in [1.165, 1.54) is 0 Å². The molecule has 0 aliphatic heterocycles. The molecule has 1 aromatic carbocycles. The number of hydrogen-bond acceptors (Lipinski definition) is 4. The van der Waals surface area contributed by atoms with Crippen molar-refractivity contribution in [3.8, 4) is 11.5 Å². The molecule has 0 fully saturated rings. The molecule has 0 aliphatic carbocycles. The molecule has 0 radical (unpaired) electrons. The molecular formula is C14H19N3O2. The predicted molar refractivity (Wildman–Crippen MR) is 73.7 cm³/mol. The molecule has 2 aromatic rings. The van der Waals surface area contributed by atoms with Crippen LogP contribution in [0.4, 0.5) is 0 Å². The summed E-state index contributed by atoms with van der Waals surface area (Å²) in [4.78, 5) is 4.39. The van der Waals surface area contributed by atoms with Crippen LogP contribution in [0.1, 0.15) is 17.4 Å². The molecule has 1 atom stereocenters. The second kappa shape index (κ2) is 5.75. The molecule has 1 aromatic heterocycles. The van der Waals surface area contributed by atoms with E-state index in [9.17, 15) is 0 Å². The lowest BCUT2D eigenvalue weighted by Gasteiger charge is -2.18. The number of imidazole rings is 1. The van der Waals surface area contributed by atoms with Gasteiger partial charge in [-0.2, -0.15) is 0 Å². The van der Waals surface area contributed by atoms with Crippen LogP contribution in [0.15, 0.2) is 30.6 Å². The summed E-state index contributed by atoms with van der Waals surface area (Å²) in [5.41, 5.74) is 1.08. The highest BCUT2D eigenvalue weighted by Crippen LogP contribution is 2.31. The number of hydrogen-bond donors (Lipinski definition) is 1. The van der Waals surface area contributed by atoms with E-state index < -0.39 is 0 Å². The number of nitrogens with zero attached hydrogens (tertiary/aromatic N) is 2. The summed E-state index contributed by atoms with van der Waals surface area (Å²) in [6.07, 6.45) is 3.72. The zero-order chi connectivity index (χ0) is 13.8. The van der Waals surface area contributed by atoms with E-state index in [-0.39, 0.29) is 6.04 Å². The Labute approximate surface area is 113 Å². The molecule has 1 N–H and O–H groups in total. The lowest BCUT2D eigenvalue weighted by Crippen LogP contribution is -2.21. The van der Waals surface area contributed by atoms with Gasteiger partial charge in [-0.15, -0.1) is 0 Å². The third-order valence-electron chi connectivity index (χ3n) is 3.15. The fourth-order valence-electron chi connectivity index (χ4n) is 2.13. The minimum Gasteiger partial charge on any atom is -0.493 e. The summed E-state index contributed by atoms with van der Waals surface area (Å²) in [5, 5.41) is 3.27. The topological polar surface area (TPSA) is 48.3 Å². The van der Waals surface area contributed by atoms with Gasteiger partial charge in [0.2, 0.25) is 0 Å². The Balaban J connectivity index is 2.42. The smallest absolute Gasteiger partial charge is 0.161 e. The minimum absolute atomic E-state index is 0.0137. The number of rotatable bonds is 5. The van der Waals surface area contributed by atoms with Crippen molar-refractivity contribution in [2.45, 2.75) is 6.04 Å². The second-order valence-electron chi connectivity index (χ2n) is 4.23. The molecule has 102 valence electrons. The van der Waals surface area contributed by atoms with Crippen molar-refractivity contribution in [1.29, 1.82) is 0 Å². The maximum atomic E-state index is 5.34. The summed E-state index contributed by atoms with van der Waals surface area (Å²) in [6, 6.07) is 5.90. The first-order valence-corrected chi connectivity index (χ1v) is 6.07. The number of methoxy groups -OCH3 is 2. The van der Waals surface area contributed by atoms with Gasteiger partial charge in [0.25, 0.3) is 0 Å². The number of ether oxygens (including phenoxy) is 2. The van der Waals surface area contributed by atoms with Crippen LogP contribution in [0.3, 0.4) is 0 Å². The molecule has 0 bridgehead atoms. The van der Waals surface area contributed by atoms with Gasteiger partial charge in [0.05, 0.1) is 20.3 Å². The van der Waals surface area contributed by atoms with Gasteiger partial charge in [0.15, 0.2) is 11.5 Å². The molecule has 0 saturated heterocycles. The summed E-state index contributed by atoms with van der Waals surface area (Å²) >= 11 is 0. The molecule has 1 heterocycles. The normalized spacial score (nSPS) is 12.2. The van der Waals surface area contributed by atoms with Crippen LogP contribution < -0.4 is 14.8 Å². The Morgan fingerprint density at radius 1 is 1.21 bits per heavy atom. The van der Waals surface area contributed by atoms with E-state index in [1.807, 2.05) is 43.1 Å². The van der Waals surface area contributed by atoms with Crippen molar-refractivity contribution in [1.82, 2.24) is 14.9 Å². The van der Waals surface area contributed by atoms with Crippen molar-refractivity contribution in [3.05, 3.63) is 42.0 Å². The van der Waals surface area contributed by atoms with Crippen LogP contribution >= 0.6 is 0 Å². The van der Waals surface area contributed by atoms with Gasteiger partial charge in [0, 0.05) is 19.4 Å².